The van der Waals surface area contributed by atoms with E-state index in [0.29, 0.717) is 57.8 Å². The van der Waals surface area contributed by atoms with Crippen LogP contribution in [0.3, 0.4) is 0 Å². The minimum absolute atomic E-state index is 0.00394. The number of Topliss-reactive ketones (excluding diaryl/α,β-unsaturated/α-hetero) is 2. The van der Waals surface area contributed by atoms with E-state index in [9.17, 15) is 24.0 Å². The maximum absolute atomic E-state index is 15.1. The fourth-order valence-electron chi connectivity index (χ4n) is 9.88. The van der Waals surface area contributed by atoms with Crippen LogP contribution in [0.4, 0.5) is 26.3 Å². The molecule has 408 valence electrons. The SMILES string of the molecule is CCCCCCCCC/C=C\CC[C@@H](OC(=O)[C@](OC)(c1ccccc1)C(F)(F)F)[C@H]1CC[C@H]([C@@H](CCCCCC(=O)CCCC[C@@H]2C[C@H](CC(C)=O)C(=O)O2)OC(=O)[C@](OC)(c2ccccc2)C(F)(F)F)O1. The molecule has 8 atom stereocenters. The molecule has 0 bridgehead atoms. The predicted molar refractivity (Wildman–Crippen MR) is 261 cm³/mol. The first-order valence-electron chi connectivity index (χ1n) is 26.1. The summed E-state index contributed by atoms with van der Waals surface area (Å²) >= 11 is 0. The van der Waals surface area contributed by atoms with Crippen LogP contribution in [0.25, 0.3) is 0 Å². The number of alkyl halides is 6. The van der Waals surface area contributed by atoms with E-state index in [0.717, 1.165) is 77.0 Å². The number of hydrogen-bond donors (Lipinski definition) is 0. The Kier molecular flexibility index (Phi) is 25.1. The highest BCUT2D eigenvalue weighted by Gasteiger charge is 2.66. The first-order chi connectivity index (χ1) is 34.8. The van der Waals surface area contributed by atoms with Gasteiger partial charge >= 0.3 is 30.3 Å². The molecular formula is C56H76F6O11. The average Bonchev–Trinajstić information content (AvgIpc) is 3.98. The molecule has 0 unspecified atom stereocenters. The van der Waals surface area contributed by atoms with Crippen molar-refractivity contribution < 1.29 is 78.7 Å². The van der Waals surface area contributed by atoms with Crippen LogP contribution in [-0.2, 0) is 63.6 Å². The number of rotatable bonds is 34. The number of esters is 3. The fraction of sp³-hybridized carbons (Fsp3) is 0.661. The van der Waals surface area contributed by atoms with Gasteiger partial charge in [0.05, 0.1) is 18.1 Å². The molecule has 0 aliphatic carbocycles. The van der Waals surface area contributed by atoms with Crippen LogP contribution in [0.2, 0.25) is 0 Å². The summed E-state index contributed by atoms with van der Waals surface area (Å²) in [6.45, 7) is 3.59. The van der Waals surface area contributed by atoms with Crippen molar-refractivity contribution in [2.24, 2.45) is 5.92 Å². The van der Waals surface area contributed by atoms with Gasteiger partial charge in [-0.3, -0.25) is 9.59 Å². The second-order valence-electron chi connectivity index (χ2n) is 19.4. The van der Waals surface area contributed by atoms with E-state index in [-0.39, 0.29) is 62.2 Å². The molecular weight excluding hydrogens is 963 g/mol. The number of cyclic esters (lactones) is 1. The average molecular weight is 1040 g/mol. The number of allylic oxidation sites excluding steroid dienone is 2. The normalized spacial score (nSPS) is 20.8. The largest absolute Gasteiger partial charge is 0.462 e. The second kappa shape index (κ2) is 30.1. The number of carbonyl (C=O) groups is 5. The van der Waals surface area contributed by atoms with Crippen LogP contribution in [0, 0.1) is 5.92 Å². The topological polar surface area (TPSA) is 141 Å². The summed E-state index contributed by atoms with van der Waals surface area (Å²) in [6.07, 6.45) is 1.56. The van der Waals surface area contributed by atoms with Gasteiger partial charge in [-0.15, -0.1) is 0 Å². The molecule has 0 radical (unpaired) electrons. The summed E-state index contributed by atoms with van der Waals surface area (Å²) in [5, 5.41) is 0. The molecule has 0 saturated carbocycles. The number of halogens is 6. The van der Waals surface area contributed by atoms with E-state index < -0.39 is 77.0 Å². The van der Waals surface area contributed by atoms with Crippen LogP contribution < -0.4 is 0 Å². The highest BCUT2D eigenvalue weighted by molar-refractivity contribution is 5.84. The molecule has 2 fully saturated rings. The number of hydrogen-bond acceptors (Lipinski definition) is 11. The van der Waals surface area contributed by atoms with E-state index in [4.69, 9.17) is 28.4 Å². The minimum atomic E-state index is -5.28. The number of carbonyl (C=O) groups excluding carboxylic acids is 5. The lowest BCUT2D eigenvalue weighted by Gasteiger charge is -2.35. The highest BCUT2D eigenvalue weighted by atomic mass is 19.4. The van der Waals surface area contributed by atoms with E-state index in [1.54, 1.807) is 0 Å². The molecule has 0 amide bonds. The zero-order chi connectivity index (χ0) is 53.5. The van der Waals surface area contributed by atoms with Gasteiger partial charge in [0, 0.05) is 44.6 Å². The summed E-state index contributed by atoms with van der Waals surface area (Å²) in [5.74, 6) is -4.34. The molecule has 4 rings (SSSR count). The number of unbranched alkanes of at least 4 members (excludes halogenated alkanes) is 10. The minimum Gasteiger partial charge on any atom is -0.462 e. The molecule has 2 aliphatic heterocycles. The van der Waals surface area contributed by atoms with Crippen molar-refractivity contribution >= 4 is 29.5 Å². The first kappa shape index (κ1) is 60.9. The summed E-state index contributed by atoms with van der Waals surface area (Å²) in [5.41, 5.74) is -8.04. The Hall–Kier alpha value is -4.61. The van der Waals surface area contributed by atoms with Crippen molar-refractivity contribution in [2.45, 2.75) is 216 Å². The Labute approximate surface area is 426 Å². The first-order valence-corrected chi connectivity index (χ1v) is 26.1. The van der Waals surface area contributed by atoms with Gasteiger partial charge in [0.25, 0.3) is 11.2 Å². The highest BCUT2D eigenvalue weighted by Crippen LogP contribution is 2.46. The van der Waals surface area contributed by atoms with Crippen molar-refractivity contribution in [1.29, 1.82) is 0 Å². The number of ketones is 2. The number of ether oxygens (including phenoxy) is 6. The third-order valence-electron chi connectivity index (χ3n) is 13.9. The molecule has 0 spiro atoms. The van der Waals surface area contributed by atoms with Gasteiger partial charge in [-0.05, 0) is 90.4 Å². The summed E-state index contributed by atoms with van der Waals surface area (Å²) in [6, 6.07) is 12.7. The molecule has 2 aromatic rings. The Bertz CT molecular complexity index is 2030. The fourth-order valence-corrected chi connectivity index (χ4v) is 9.88. The molecule has 2 aromatic carbocycles. The maximum atomic E-state index is 15.1. The quantitative estimate of drug-likeness (QED) is 0.0217. The molecule has 73 heavy (non-hydrogen) atoms. The monoisotopic (exact) mass is 1040 g/mol. The molecule has 2 heterocycles. The predicted octanol–water partition coefficient (Wildman–Crippen LogP) is 13.0. The van der Waals surface area contributed by atoms with Gasteiger partial charge in [-0.1, -0.05) is 125 Å². The zero-order valence-electron chi connectivity index (χ0n) is 42.9. The van der Waals surface area contributed by atoms with Crippen LogP contribution in [0.5, 0.6) is 0 Å². The Morgan fingerprint density at radius 3 is 1.63 bits per heavy atom. The van der Waals surface area contributed by atoms with Gasteiger partial charge in [-0.2, -0.15) is 26.3 Å². The third-order valence-corrected chi connectivity index (χ3v) is 13.9. The number of benzene rings is 2. The molecule has 0 aromatic heterocycles. The lowest BCUT2D eigenvalue weighted by molar-refractivity contribution is -0.280. The second-order valence-corrected chi connectivity index (χ2v) is 19.4. The lowest BCUT2D eigenvalue weighted by Crippen LogP contribution is -2.53. The summed E-state index contributed by atoms with van der Waals surface area (Å²) < 4.78 is 124. The van der Waals surface area contributed by atoms with E-state index in [2.05, 4.69) is 6.92 Å². The van der Waals surface area contributed by atoms with Gasteiger partial charge < -0.3 is 33.2 Å². The van der Waals surface area contributed by atoms with Gasteiger partial charge in [0.2, 0.25) is 0 Å². The van der Waals surface area contributed by atoms with Gasteiger partial charge in [0.15, 0.2) is 0 Å². The van der Waals surface area contributed by atoms with Crippen molar-refractivity contribution in [3.63, 3.8) is 0 Å². The van der Waals surface area contributed by atoms with Crippen molar-refractivity contribution in [3.8, 4) is 0 Å². The van der Waals surface area contributed by atoms with E-state index >= 15 is 26.3 Å². The molecule has 2 aliphatic rings. The Morgan fingerprint density at radius 1 is 0.644 bits per heavy atom. The maximum Gasteiger partial charge on any atom is 0.432 e. The summed E-state index contributed by atoms with van der Waals surface area (Å²) in [7, 11) is 1.52. The Balaban J connectivity index is 1.49. The van der Waals surface area contributed by atoms with E-state index in [1.165, 1.54) is 56.2 Å². The van der Waals surface area contributed by atoms with Crippen LogP contribution in [0.15, 0.2) is 72.8 Å². The molecule has 2 saturated heterocycles. The standard InChI is InChI=1S/C56H76F6O11/c1-5-6-7-8-9-10-11-12-13-14-23-34-46(72-51(66)53(68-3,55(57,58)59)42-27-18-15-19-28-42)48-36-37-49(71-48)47(73-52(67)54(69-4,56(60,61)62)43-29-20-16-21-30-43)35-24-17-22-31-44(64)32-25-26-33-45-39-41(38-40(2)63)50(65)70-45/h13-16,18-21,27-30,41,45-49H,5-12,17,22-26,31-39H2,1-4H3/b14-13-/t41-,45+,46+,47+,48+,49+,53+,54+/m0/s1. The van der Waals surface area contributed by atoms with Crippen LogP contribution in [0.1, 0.15) is 173 Å². The smallest absolute Gasteiger partial charge is 0.432 e. The van der Waals surface area contributed by atoms with Gasteiger partial charge in [-0.25, -0.2) is 9.59 Å². The van der Waals surface area contributed by atoms with Crippen molar-refractivity contribution in [3.05, 3.63) is 83.9 Å². The van der Waals surface area contributed by atoms with Crippen molar-refractivity contribution in [1.82, 2.24) is 0 Å². The van der Waals surface area contributed by atoms with Gasteiger partial charge in [0.1, 0.15) is 29.9 Å². The lowest BCUT2D eigenvalue weighted by atomic mass is 9.92. The Morgan fingerprint density at radius 2 is 1.12 bits per heavy atom. The summed E-state index contributed by atoms with van der Waals surface area (Å²) in [4.78, 5) is 64.4. The van der Waals surface area contributed by atoms with Crippen molar-refractivity contribution in [2.75, 3.05) is 14.2 Å². The van der Waals surface area contributed by atoms with E-state index in [1.807, 2.05) is 12.2 Å². The van der Waals surface area contributed by atoms with Crippen LogP contribution in [-0.4, -0.2) is 86.6 Å². The molecule has 11 nitrogen and oxygen atoms in total. The third kappa shape index (κ3) is 17.5. The number of methoxy groups -OCH3 is 2. The molecule has 0 N–H and O–H groups in total. The molecule has 17 heteroatoms. The van der Waals surface area contributed by atoms with Crippen LogP contribution >= 0.6 is 0 Å². The zero-order valence-corrected chi connectivity index (χ0v) is 42.9.